The van der Waals surface area contributed by atoms with Gasteiger partial charge in [-0.25, -0.2) is 4.79 Å². The highest BCUT2D eigenvalue weighted by atomic mass is 16.5. The zero-order chi connectivity index (χ0) is 12.6. The quantitative estimate of drug-likeness (QED) is 0.654. The van der Waals surface area contributed by atoms with Crippen molar-refractivity contribution in [1.82, 2.24) is 5.32 Å². The summed E-state index contributed by atoms with van der Waals surface area (Å²) in [5.74, 6) is -1.02. The van der Waals surface area contributed by atoms with Crippen molar-refractivity contribution < 1.29 is 19.4 Å². The van der Waals surface area contributed by atoms with Crippen LogP contribution in [0, 0.1) is 5.92 Å². The number of hydrogen-bond donors (Lipinski definition) is 2. The molecule has 1 amide bonds. The lowest BCUT2D eigenvalue weighted by Crippen LogP contribution is -2.43. The van der Waals surface area contributed by atoms with Gasteiger partial charge in [-0.1, -0.05) is 20.3 Å². The van der Waals surface area contributed by atoms with E-state index in [0.29, 0.717) is 12.5 Å². The molecule has 2 unspecified atom stereocenters. The topological polar surface area (TPSA) is 75.6 Å². The average Bonchev–Trinajstić information content (AvgIpc) is 2.15. The van der Waals surface area contributed by atoms with Crippen molar-refractivity contribution in [3.8, 4) is 0 Å². The molecule has 0 aromatic heterocycles. The predicted octanol–water partition coefficient (Wildman–Crippen LogP) is 1.03. The average molecular weight is 231 g/mol. The first kappa shape index (κ1) is 14.9. The maximum absolute atomic E-state index is 10.7. The molecule has 0 radical (unpaired) electrons. The first-order valence-electron chi connectivity index (χ1n) is 5.55. The molecule has 0 saturated carbocycles. The van der Waals surface area contributed by atoms with Crippen LogP contribution in [0.4, 0.5) is 0 Å². The van der Waals surface area contributed by atoms with Gasteiger partial charge in [-0.05, 0) is 12.3 Å². The Labute approximate surface area is 96.2 Å². The first-order valence-corrected chi connectivity index (χ1v) is 5.55. The van der Waals surface area contributed by atoms with Crippen LogP contribution in [0.15, 0.2) is 0 Å². The largest absolute Gasteiger partial charge is 0.480 e. The summed E-state index contributed by atoms with van der Waals surface area (Å²) in [6.45, 7) is 5.97. The van der Waals surface area contributed by atoms with E-state index < -0.39 is 12.0 Å². The summed E-state index contributed by atoms with van der Waals surface area (Å²) in [5, 5.41) is 11.1. The van der Waals surface area contributed by atoms with Gasteiger partial charge >= 0.3 is 5.97 Å². The molecule has 94 valence electrons. The van der Waals surface area contributed by atoms with Crippen LogP contribution in [0.3, 0.4) is 0 Å². The van der Waals surface area contributed by atoms with Gasteiger partial charge in [-0.2, -0.15) is 0 Å². The molecule has 2 atom stereocenters. The first-order chi connectivity index (χ1) is 7.47. The number of hydrogen-bond acceptors (Lipinski definition) is 3. The number of amides is 1. The minimum atomic E-state index is -1.07. The van der Waals surface area contributed by atoms with Gasteiger partial charge in [0.05, 0.1) is 6.61 Å². The Hall–Kier alpha value is -1.10. The fraction of sp³-hybridized carbons (Fsp3) is 0.818. The molecular formula is C11H21NO4. The minimum absolute atomic E-state index is 0.0168. The second-order valence-corrected chi connectivity index (χ2v) is 4.02. The molecule has 0 heterocycles. The van der Waals surface area contributed by atoms with E-state index >= 15 is 0 Å². The molecule has 0 aliphatic carbocycles. The summed E-state index contributed by atoms with van der Waals surface area (Å²) in [6, 6.07) is -0.952. The number of nitrogens with one attached hydrogen (secondary N) is 1. The molecule has 0 saturated heterocycles. The third kappa shape index (κ3) is 7.23. The molecule has 0 aromatic rings. The van der Waals surface area contributed by atoms with E-state index in [9.17, 15) is 9.59 Å². The van der Waals surface area contributed by atoms with Crippen molar-refractivity contribution in [3.05, 3.63) is 0 Å². The highest BCUT2D eigenvalue weighted by Gasteiger charge is 2.18. The van der Waals surface area contributed by atoms with Crippen LogP contribution < -0.4 is 5.32 Å². The van der Waals surface area contributed by atoms with E-state index in [0.717, 1.165) is 12.8 Å². The van der Waals surface area contributed by atoms with Crippen LogP contribution in [-0.4, -0.2) is 36.2 Å². The standard InChI is InChI=1S/C11H21NO4/c1-4-5-8(2)6-16-7-10(11(14)15)12-9(3)13/h8,10H,4-7H2,1-3H3,(H,12,13)(H,14,15). The smallest absolute Gasteiger partial charge is 0.328 e. The Bertz CT molecular complexity index is 230. The van der Waals surface area contributed by atoms with Crippen molar-refractivity contribution in [3.63, 3.8) is 0 Å². The van der Waals surface area contributed by atoms with E-state index in [2.05, 4.69) is 19.2 Å². The van der Waals surface area contributed by atoms with Gasteiger partial charge in [0.25, 0.3) is 0 Å². The van der Waals surface area contributed by atoms with Crippen LogP contribution in [0.1, 0.15) is 33.6 Å². The molecule has 5 heteroatoms. The molecule has 0 rings (SSSR count). The van der Waals surface area contributed by atoms with Crippen molar-refractivity contribution in [2.45, 2.75) is 39.7 Å². The molecule has 0 aliphatic rings. The molecular weight excluding hydrogens is 210 g/mol. The number of carbonyl (C=O) groups excluding carboxylic acids is 1. The molecule has 0 fully saturated rings. The lowest BCUT2D eigenvalue weighted by Gasteiger charge is -2.15. The Kier molecular flexibility index (Phi) is 7.54. The maximum atomic E-state index is 10.7. The molecule has 0 spiro atoms. The predicted molar refractivity (Wildman–Crippen MR) is 60.1 cm³/mol. The van der Waals surface area contributed by atoms with Crippen LogP contribution in [0.2, 0.25) is 0 Å². The van der Waals surface area contributed by atoms with E-state index in [-0.39, 0.29) is 12.5 Å². The lowest BCUT2D eigenvalue weighted by molar-refractivity contribution is -0.143. The highest BCUT2D eigenvalue weighted by molar-refractivity contribution is 5.82. The summed E-state index contributed by atoms with van der Waals surface area (Å²) in [4.78, 5) is 21.5. The summed E-state index contributed by atoms with van der Waals surface area (Å²) < 4.78 is 5.28. The third-order valence-corrected chi connectivity index (χ3v) is 2.14. The van der Waals surface area contributed by atoms with Gasteiger partial charge in [0.2, 0.25) is 5.91 Å². The zero-order valence-corrected chi connectivity index (χ0v) is 10.2. The summed E-state index contributed by atoms with van der Waals surface area (Å²) >= 11 is 0. The fourth-order valence-electron chi connectivity index (χ4n) is 1.38. The summed E-state index contributed by atoms with van der Waals surface area (Å²) in [5.41, 5.74) is 0. The Morgan fingerprint density at radius 1 is 1.38 bits per heavy atom. The van der Waals surface area contributed by atoms with Crippen LogP contribution in [-0.2, 0) is 14.3 Å². The lowest BCUT2D eigenvalue weighted by atomic mass is 10.1. The molecule has 0 aliphatic heterocycles. The number of rotatable bonds is 8. The number of aliphatic carboxylic acids is 1. The maximum Gasteiger partial charge on any atom is 0.328 e. The van der Waals surface area contributed by atoms with Gasteiger partial charge in [0.15, 0.2) is 6.04 Å². The van der Waals surface area contributed by atoms with E-state index in [4.69, 9.17) is 9.84 Å². The normalized spacial score (nSPS) is 14.2. The van der Waals surface area contributed by atoms with Crippen molar-refractivity contribution in [1.29, 1.82) is 0 Å². The fourth-order valence-corrected chi connectivity index (χ4v) is 1.38. The van der Waals surface area contributed by atoms with Crippen LogP contribution >= 0.6 is 0 Å². The molecule has 0 aromatic carbocycles. The second-order valence-electron chi connectivity index (χ2n) is 4.02. The van der Waals surface area contributed by atoms with Gasteiger partial charge in [0.1, 0.15) is 0 Å². The number of carbonyl (C=O) groups is 2. The molecule has 0 bridgehead atoms. The summed E-state index contributed by atoms with van der Waals surface area (Å²) in [7, 11) is 0. The highest BCUT2D eigenvalue weighted by Crippen LogP contribution is 2.05. The second kappa shape index (κ2) is 8.10. The monoisotopic (exact) mass is 231 g/mol. The van der Waals surface area contributed by atoms with Crippen molar-refractivity contribution >= 4 is 11.9 Å². The molecule has 5 nitrogen and oxygen atoms in total. The third-order valence-electron chi connectivity index (χ3n) is 2.14. The molecule has 2 N–H and O–H groups in total. The van der Waals surface area contributed by atoms with Gasteiger partial charge < -0.3 is 15.2 Å². The van der Waals surface area contributed by atoms with Gasteiger partial charge in [0, 0.05) is 13.5 Å². The van der Waals surface area contributed by atoms with Crippen LogP contribution in [0.25, 0.3) is 0 Å². The van der Waals surface area contributed by atoms with Gasteiger partial charge in [-0.3, -0.25) is 4.79 Å². The van der Waals surface area contributed by atoms with E-state index in [1.54, 1.807) is 0 Å². The Morgan fingerprint density at radius 3 is 2.44 bits per heavy atom. The van der Waals surface area contributed by atoms with Crippen molar-refractivity contribution in [2.24, 2.45) is 5.92 Å². The number of carboxylic acid groups (broad SMARTS) is 1. The number of ether oxygens (including phenoxy) is 1. The van der Waals surface area contributed by atoms with E-state index in [1.807, 2.05) is 0 Å². The summed E-state index contributed by atoms with van der Waals surface area (Å²) in [6.07, 6.45) is 2.14. The SMILES string of the molecule is CCCC(C)COCC(NC(C)=O)C(=O)O. The Balaban J connectivity index is 3.84. The minimum Gasteiger partial charge on any atom is -0.480 e. The molecule has 16 heavy (non-hydrogen) atoms. The number of carboxylic acids is 1. The van der Waals surface area contributed by atoms with Gasteiger partial charge in [-0.15, -0.1) is 0 Å². The van der Waals surface area contributed by atoms with E-state index in [1.165, 1.54) is 6.92 Å². The Morgan fingerprint density at radius 2 is 2.00 bits per heavy atom. The zero-order valence-electron chi connectivity index (χ0n) is 10.2. The van der Waals surface area contributed by atoms with Crippen LogP contribution in [0.5, 0.6) is 0 Å². The van der Waals surface area contributed by atoms with Crippen molar-refractivity contribution in [2.75, 3.05) is 13.2 Å².